The van der Waals surface area contributed by atoms with E-state index in [0.717, 1.165) is 4.48 Å². The molecule has 0 heterocycles. The third kappa shape index (κ3) is 10.3. The second-order valence-electron chi connectivity index (χ2n) is 5.46. The van der Waals surface area contributed by atoms with Crippen molar-refractivity contribution in [1.29, 1.82) is 0 Å². The predicted octanol–water partition coefficient (Wildman–Crippen LogP) is 0.693. The fraction of sp³-hybridized carbons (Fsp3) is 0.889. The van der Waals surface area contributed by atoms with E-state index in [0.29, 0.717) is 4.72 Å². The van der Waals surface area contributed by atoms with Crippen molar-refractivity contribution < 1.29 is 47.7 Å². The summed E-state index contributed by atoms with van der Waals surface area (Å²) in [5.41, 5.74) is -7.50. The molecule has 0 bridgehead atoms. The molecule has 0 saturated carbocycles. The SMILES string of the molecule is CCC[N+](C)(C)C.NC(=NS(=O)(=O)C(F)(F)F)NS(=O)(=O)C(F)(F)F. The summed E-state index contributed by atoms with van der Waals surface area (Å²) in [4.78, 5) is 0. The van der Waals surface area contributed by atoms with Crippen LogP contribution in [0.4, 0.5) is 26.3 Å². The molecular formula is C9H19F6N4O4S2+. The van der Waals surface area contributed by atoms with Gasteiger partial charge in [0.25, 0.3) is 0 Å². The first-order valence-corrected chi connectivity index (χ1v) is 9.15. The summed E-state index contributed by atoms with van der Waals surface area (Å²) in [6, 6.07) is 0. The van der Waals surface area contributed by atoms with Crippen molar-refractivity contribution >= 4 is 26.0 Å². The Kier molecular flexibility index (Phi) is 8.71. The van der Waals surface area contributed by atoms with Crippen molar-refractivity contribution in [2.75, 3.05) is 27.7 Å². The Morgan fingerprint density at radius 1 is 1.00 bits per heavy atom. The molecule has 0 fully saturated rings. The molecule has 0 unspecified atom stereocenters. The summed E-state index contributed by atoms with van der Waals surface area (Å²) in [6.45, 7) is 3.49. The maximum Gasteiger partial charge on any atom is 0.518 e. The highest BCUT2D eigenvalue weighted by atomic mass is 32.2. The molecule has 0 radical (unpaired) electrons. The van der Waals surface area contributed by atoms with Crippen LogP contribution in [0.5, 0.6) is 0 Å². The fourth-order valence-corrected chi connectivity index (χ4v) is 1.97. The van der Waals surface area contributed by atoms with Crippen molar-refractivity contribution in [2.45, 2.75) is 24.4 Å². The van der Waals surface area contributed by atoms with Crippen LogP contribution in [0.15, 0.2) is 4.40 Å². The summed E-state index contributed by atoms with van der Waals surface area (Å²) in [5, 5.41) is 0. The quantitative estimate of drug-likeness (QED) is 0.297. The number of nitrogens with one attached hydrogen (secondary N) is 1. The van der Waals surface area contributed by atoms with Gasteiger partial charge in [-0.25, -0.2) is 4.72 Å². The third-order valence-corrected chi connectivity index (χ3v) is 4.06. The molecule has 16 heteroatoms. The molecular weight excluding hydrogens is 406 g/mol. The summed E-state index contributed by atoms with van der Waals surface area (Å²) in [6.07, 6.45) is 1.28. The third-order valence-electron chi connectivity index (χ3n) is 1.95. The number of halogens is 6. The van der Waals surface area contributed by atoms with Gasteiger partial charge in [-0.05, 0) is 6.42 Å². The largest absolute Gasteiger partial charge is 0.518 e. The van der Waals surface area contributed by atoms with Crippen LogP contribution in [0.3, 0.4) is 0 Å². The van der Waals surface area contributed by atoms with Gasteiger partial charge in [0, 0.05) is 0 Å². The van der Waals surface area contributed by atoms with Crippen LogP contribution in [-0.2, 0) is 20.0 Å². The smallest absolute Gasteiger partial charge is 0.368 e. The molecule has 3 N–H and O–H groups in total. The van der Waals surface area contributed by atoms with Crippen molar-refractivity contribution in [1.82, 2.24) is 4.72 Å². The zero-order valence-corrected chi connectivity index (χ0v) is 15.2. The number of rotatable bonds is 4. The van der Waals surface area contributed by atoms with Crippen LogP contribution < -0.4 is 10.5 Å². The zero-order chi connectivity index (χ0) is 20.9. The molecule has 0 spiro atoms. The molecule has 0 aliphatic heterocycles. The van der Waals surface area contributed by atoms with Crippen LogP contribution in [0.1, 0.15) is 13.3 Å². The molecule has 0 rings (SSSR count). The van der Waals surface area contributed by atoms with Gasteiger partial charge in [-0.3, -0.25) is 0 Å². The average molecular weight is 425 g/mol. The van der Waals surface area contributed by atoms with E-state index in [1.165, 1.54) is 13.0 Å². The first-order valence-electron chi connectivity index (χ1n) is 6.22. The first kappa shape index (κ1) is 25.9. The van der Waals surface area contributed by atoms with Gasteiger partial charge in [-0.1, -0.05) is 6.92 Å². The minimum absolute atomic E-state index is 0.320. The molecule has 0 aliphatic rings. The van der Waals surface area contributed by atoms with E-state index < -0.39 is 37.0 Å². The van der Waals surface area contributed by atoms with E-state index in [4.69, 9.17) is 0 Å². The number of sulfonamides is 2. The van der Waals surface area contributed by atoms with Gasteiger partial charge in [-0.15, -0.1) is 4.40 Å². The van der Waals surface area contributed by atoms with Crippen molar-refractivity contribution in [3.8, 4) is 0 Å². The van der Waals surface area contributed by atoms with E-state index in [9.17, 15) is 43.2 Å². The topological polar surface area (TPSA) is 119 Å². The van der Waals surface area contributed by atoms with Gasteiger partial charge in [0.1, 0.15) is 0 Å². The minimum Gasteiger partial charge on any atom is -0.368 e. The lowest BCUT2D eigenvalue weighted by Gasteiger charge is -2.22. The maximum atomic E-state index is 11.7. The first-order chi connectivity index (χ1) is 10.7. The molecule has 0 saturated heterocycles. The molecule has 25 heavy (non-hydrogen) atoms. The number of alkyl halides is 6. The summed E-state index contributed by atoms with van der Waals surface area (Å²) in [5.74, 6) is -2.09. The lowest BCUT2D eigenvalue weighted by molar-refractivity contribution is -0.870. The van der Waals surface area contributed by atoms with Crippen LogP contribution >= 0.6 is 0 Å². The predicted molar refractivity (Wildman–Crippen MR) is 77.9 cm³/mol. The Balaban J connectivity index is 0. The molecule has 0 aliphatic carbocycles. The van der Waals surface area contributed by atoms with E-state index in [1.807, 2.05) is 0 Å². The van der Waals surface area contributed by atoms with Crippen molar-refractivity contribution in [2.24, 2.45) is 10.1 Å². The Hall–Kier alpha value is -1.29. The van der Waals surface area contributed by atoms with Gasteiger partial charge in [0.2, 0.25) is 5.96 Å². The van der Waals surface area contributed by atoms with Gasteiger partial charge in [0.05, 0.1) is 27.7 Å². The van der Waals surface area contributed by atoms with Crippen LogP contribution in [0.2, 0.25) is 0 Å². The lowest BCUT2D eigenvalue weighted by Crippen LogP contribution is -2.44. The molecule has 0 aromatic rings. The van der Waals surface area contributed by atoms with Gasteiger partial charge < -0.3 is 10.2 Å². The molecule has 152 valence electrons. The number of hydrogen-bond donors (Lipinski definition) is 2. The summed E-state index contributed by atoms with van der Waals surface area (Å²) in [7, 11) is -5.76. The second kappa shape index (κ2) is 8.39. The van der Waals surface area contributed by atoms with Crippen molar-refractivity contribution in [3.05, 3.63) is 0 Å². The Labute approximate surface area is 141 Å². The number of nitrogens with zero attached hydrogens (tertiary/aromatic N) is 2. The molecule has 0 aromatic carbocycles. The Bertz CT molecular complexity index is 662. The lowest BCUT2D eigenvalue weighted by atomic mass is 10.4. The number of guanidine groups is 1. The van der Waals surface area contributed by atoms with Gasteiger partial charge in [0.15, 0.2) is 0 Å². The molecule has 8 nitrogen and oxygen atoms in total. The standard InChI is InChI=1S/C6H16N.C3H3F6N3O4S2/c1-5-6-7(2,3)4;4-2(5,6)17(13,14)11-1(10)12-18(15,16)3(7,8)9/h5-6H2,1-4H3;(H3,10,11,12)/q+1;. The number of nitrogens with two attached hydrogens (primary N) is 1. The Morgan fingerprint density at radius 3 is 1.60 bits per heavy atom. The van der Waals surface area contributed by atoms with Gasteiger partial charge in [-0.2, -0.15) is 43.2 Å². The molecule has 0 atom stereocenters. The molecule has 0 amide bonds. The zero-order valence-electron chi connectivity index (χ0n) is 13.6. The van der Waals surface area contributed by atoms with Gasteiger partial charge >= 0.3 is 31.1 Å². The maximum absolute atomic E-state index is 11.7. The molecule has 0 aromatic heterocycles. The van der Waals surface area contributed by atoms with E-state index in [1.54, 1.807) is 4.40 Å². The minimum atomic E-state index is -6.25. The Morgan fingerprint density at radius 2 is 1.40 bits per heavy atom. The highest BCUT2D eigenvalue weighted by Gasteiger charge is 2.48. The monoisotopic (exact) mass is 425 g/mol. The van der Waals surface area contributed by atoms with Crippen LogP contribution in [0, 0.1) is 0 Å². The number of hydrogen-bond acceptors (Lipinski definition) is 4. The highest BCUT2D eigenvalue weighted by molar-refractivity contribution is 7.92. The average Bonchev–Trinajstić information content (AvgIpc) is 2.22. The normalized spacial score (nSPS) is 14.6. The van der Waals surface area contributed by atoms with Crippen LogP contribution in [0.25, 0.3) is 0 Å². The number of quaternary nitrogens is 1. The summed E-state index contributed by atoms with van der Waals surface area (Å²) < 4.78 is 115. The second-order valence-corrected chi connectivity index (χ2v) is 8.73. The summed E-state index contributed by atoms with van der Waals surface area (Å²) >= 11 is 0. The van der Waals surface area contributed by atoms with Crippen molar-refractivity contribution in [3.63, 3.8) is 0 Å². The van der Waals surface area contributed by atoms with E-state index in [2.05, 4.69) is 33.8 Å². The van der Waals surface area contributed by atoms with Crippen LogP contribution in [-0.4, -0.2) is 66.0 Å². The fourth-order valence-electron chi connectivity index (χ4n) is 1.07. The highest BCUT2D eigenvalue weighted by Crippen LogP contribution is 2.25. The van der Waals surface area contributed by atoms with E-state index >= 15 is 0 Å². The van der Waals surface area contributed by atoms with E-state index in [-0.39, 0.29) is 0 Å².